The summed E-state index contributed by atoms with van der Waals surface area (Å²) in [5.74, 6) is 1.04. The van der Waals surface area contributed by atoms with Crippen LogP contribution < -0.4 is 4.90 Å². The minimum Gasteiger partial charge on any atom is -0.348 e. The Morgan fingerprint density at radius 3 is 2.82 bits per heavy atom. The van der Waals surface area contributed by atoms with Gasteiger partial charge in [0.05, 0.1) is 17.9 Å². The number of rotatable bonds is 0. The van der Waals surface area contributed by atoms with Crippen LogP contribution in [0.15, 0.2) is 64.3 Å². The van der Waals surface area contributed by atoms with E-state index in [0.29, 0.717) is 0 Å². The summed E-state index contributed by atoms with van der Waals surface area (Å²) in [5, 5.41) is 0. The van der Waals surface area contributed by atoms with Gasteiger partial charge in [-0.25, -0.2) is 4.99 Å². The van der Waals surface area contributed by atoms with Crippen molar-refractivity contribution >= 4 is 24.1 Å². The monoisotopic (exact) mass is 313 g/mol. The molecule has 0 aromatic heterocycles. The van der Waals surface area contributed by atoms with Gasteiger partial charge in [0.1, 0.15) is 0 Å². The molecule has 0 N–H and O–H groups in total. The normalized spacial score (nSPS) is 18.5. The summed E-state index contributed by atoms with van der Waals surface area (Å²) in [5.41, 5.74) is 6.90. The maximum absolute atomic E-state index is 4.77. The van der Waals surface area contributed by atoms with Crippen LogP contribution in [-0.2, 0) is 6.42 Å². The molecule has 4 rings (SSSR count). The number of hydrogen-bond donors (Lipinski definition) is 0. The van der Waals surface area contributed by atoms with Crippen LogP contribution >= 0.6 is 12.4 Å². The molecule has 2 aliphatic heterocycles. The van der Waals surface area contributed by atoms with E-state index in [1.54, 1.807) is 0 Å². The second-order valence-corrected chi connectivity index (χ2v) is 5.90. The minimum absolute atomic E-state index is 0. The van der Waals surface area contributed by atoms with Crippen molar-refractivity contribution in [2.45, 2.75) is 12.8 Å². The molecule has 2 heterocycles. The van der Waals surface area contributed by atoms with Crippen LogP contribution in [0.3, 0.4) is 0 Å². The molecular formula is C18H20ClN3. The van der Waals surface area contributed by atoms with Gasteiger partial charge in [0.15, 0.2) is 0 Å². The Hall–Kier alpha value is -2.00. The summed E-state index contributed by atoms with van der Waals surface area (Å²) in [6, 6.07) is 8.70. The summed E-state index contributed by atoms with van der Waals surface area (Å²) in [6.45, 7) is 0.780. The highest BCUT2D eigenvalue weighted by molar-refractivity contribution is 6.02. The molecule has 0 fully saturated rings. The lowest BCUT2D eigenvalue weighted by Gasteiger charge is -2.27. The highest BCUT2D eigenvalue weighted by atomic mass is 35.5. The van der Waals surface area contributed by atoms with Crippen molar-refractivity contribution in [3.63, 3.8) is 0 Å². The number of aliphatic imine (C=N–C) groups is 1. The number of allylic oxidation sites excluding steroid dienone is 5. The number of guanidine groups is 1. The van der Waals surface area contributed by atoms with E-state index < -0.39 is 0 Å². The summed E-state index contributed by atoms with van der Waals surface area (Å²) in [4.78, 5) is 9.23. The fourth-order valence-electron chi connectivity index (χ4n) is 3.39. The van der Waals surface area contributed by atoms with E-state index in [1.807, 2.05) is 0 Å². The summed E-state index contributed by atoms with van der Waals surface area (Å²) < 4.78 is 0. The van der Waals surface area contributed by atoms with Gasteiger partial charge < -0.3 is 4.90 Å². The number of benzene rings is 1. The van der Waals surface area contributed by atoms with Crippen LogP contribution in [-0.4, -0.2) is 31.5 Å². The molecule has 1 aromatic carbocycles. The van der Waals surface area contributed by atoms with E-state index in [1.165, 1.54) is 28.1 Å². The van der Waals surface area contributed by atoms with Gasteiger partial charge in [-0.2, -0.15) is 0 Å². The molecule has 0 spiro atoms. The quantitative estimate of drug-likeness (QED) is 0.729. The molecule has 3 nitrogen and oxygen atoms in total. The third-order valence-corrected chi connectivity index (χ3v) is 4.35. The zero-order chi connectivity index (χ0) is 14.4. The van der Waals surface area contributed by atoms with E-state index in [-0.39, 0.29) is 12.4 Å². The Balaban J connectivity index is 0.00000144. The van der Waals surface area contributed by atoms with E-state index in [9.17, 15) is 0 Å². The van der Waals surface area contributed by atoms with Gasteiger partial charge in [-0.3, -0.25) is 4.90 Å². The highest BCUT2D eigenvalue weighted by Gasteiger charge is 2.32. The first kappa shape index (κ1) is 14.9. The molecule has 0 amide bonds. The van der Waals surface area contributed by atoms with Crippen molar-refractivity contribution in [1.29, 1.82) is 0 Å². The lowest BCUT2D eigenvalue weighted by molar-refractivity contribution is 0.613. The number of anilines is 1. The third kappa shape index (κ3) is 2.17. The molecule has 0 atom stereocenters. The van der Waals surface area contributed by atoms with Gasteiger partial charge in [0.25, 0.3) is 0 Å². The number of halogens is 1. The van der Waals surface area contributed by atoms with Crippen LogP contribution in [0.1, 0.15) is 12.0 Å². The first-order chi connectivity index (χ1) is 10.3. The Bertz CT molecular complexity index is 726. The first-order valence-corrected chi connectivity index (χ1v) is 7.43. The zero-order valence-corrected chi connectivity index (χ0v) is 13.7. The van der Waals surface area contributed by atoms with Crippen molar-refractivity contribution < 1.29 is 0 Å². The lowest BCUT2D eigenvalue weighted by atomic mass is 9.92. The lowest BCUT2D eigenvalue weighted by Crippen LogP contribution is -2.37. The maximum Gasteiger partial charge on any atom is 0.205 e. The van der Waals surface area contributed by atoms with Crippen LogP contribution in [0, 0.1) is 0 Å². The fourth-order valence-corrected chi connectivity index (χ4v) is 3.39. The van der Waals surface area contributed by atoms with Gasteiger partial charge in [-0.15, -0.1) is 12.4 Å². The Kier molecular flexibility index (Phi) is 3.83. The zero-order valence-electron chi connectivity index (χ0n) is 12.9. The largest absolute Gasteiger partial charge is 0.348 e. The van der Waals surface area contributed by atoms with Crippen LogP contribution in [0.2, 0.25) is 0 Å². The van der Waals surface area contributed by atoms with Gasteiger partial charge in [0, 0.05) is 14.1 Å². The third-order valence-electron chi connectivity index (χ3n) is 4.35. The van der Waals surface area contributed by atoms with Gasteiger partial charge >= 0.3 is 0 Å². The number of fused-ring (bicyclic) bond motifs is 4. The van der Waals surface area contributed by atoms with Crippen molar-refractivity contribution in [3.05, 3.63) is 64.9 Å². The molecule has 1 aliphatic carbocycles. The second-order valence-electron chi connectivity index (χ2n) is 5.90. The maximum atomic E-state index is 4.77. The van der Waals surface area contributed by atoms with Gasteiger partial charge in [-0.1, -0.05) is 36.4 Å². The van der Waals surface area contributed by atoms with E-state index in [0.717, 1.165) is 25.3 Å². The van der Waals surface area contributed by atoms with E-state index in [2.05, 4.69) is 66.4 Å². The summed E-state index contributed by atoms with van der Waals surface area (Å²) in [6.07, 6.45) is 8.71. The minimum atomic E-state index is 0. The number of nitrogens with zero attached hydrogens (tertiary/aromatic N) is 3. The molecule has 114 valence electrons. The Morgan fingerprint density at radius 2 is 2.00 bits per heavy atom. The molecule has 0 bridgehead atoms. The predicted octanol–water partition coefficient (Wildman–Crippen LogP) is 3.54. The van der Waals surface area contributed by atoms with Crippen molar-refractivity contribution in [3.8, 4) is 0 Å². The highest BCUT2D eigenvalue weighted by Crippen LogP contribution is 2.39. The molecule has 3 aliphatic rings. The van der Waals surface area contributed by atoms with Crippen molar-refractivity contribution in [1.82, 2.24) is 4.90 Å². The predicted molar refractivity (Wildman–Crippen MR) is 94.7 cm³/mol. The first-order valence-electron chi connectivity index (χ1n) is 7.43. The van der Waals surface area contributed by atoms with Gasteiger partial charge in [-0.05, 0) is 35.6 Å². The molecule has 4 heteroatoms. The van der Waals surface area contributed by atoms with Crippen molar-refractivity contribution in [2.75, 3.05) is 25.5 Å². The average molecular weight is 314 g/mol. The Morgan fingerprint density at radius 1 is 1.18 bits per heavy atom. The fraction of sp³-hybridized carbons (Fsp3) is 0.278. The molecule has 0 unspecified atom stereocenters. The van der Waals surface area contributed by atoms with E-state index >= 15 is 0 Å². The van der Waals surface area contributed by atoms with Crippen LogP contribution in [0.4, 0.5) is 5.69 Å². The average Bonchev–Trinajstić information content (AvgIpc) is 2.88. The molecule has 0 radical (unpaired) electrons. The molecule has 22 heavy (non-hydrogen) atoms. The summed E-state index contributed by atoms with van der Waals surface area (Å²) in [7, 11) is 4.13. The SMILES string of the molecule is CN(C)C1=NCC2=C3CC=CC=C3Cc3ccccc3N12.Cl. The number of hydrogen-bond acceptors (Lipinski definition) is 3. The van der Waals surface area contributed by atoms with Crippen molar-refractivity contribution in [2.24, 2.45) is 4.99 Å². The Labute approximate surface area is 137 Å². The van der Waals surface area contributed by atoms with Gasteiger partial charge in [0.2, 0.25) is 5.96 Å². The number of para-hydroxylation sites is 1. The molecule has 0 saturated heterocycles. The van der Waals surface area contributed by atoms with Crippen LogP contribution in [0.25, 0.3) is 0 Å². The molecule has 1 aromatic rings. The molecular weight excluding hydrogens is 294 g/mol. The smallest absolute Gasteiger partial charge is 0.205 e. The topological polar surface area (TPSA) is 18.8 Å². The molecule has 0 saturated carbocycles. The second kappa shape index (κ2) is 5.65. The van der Waals surface area contributed by atoms with E-state index in [4.69, 9.17) is 4.99 Å². The standard InChI is InChI=1S/C18H19N3.ClH/c1-20(2)18-19-12-17-15-9-5-3-7-13(15)11-14-8-4-6-10-16(14)21(17)18;/h3-8,10H,9,11-12H2,1-2H3;1H. The summed E-state index contributed by atoms with van der Waals surface area (Å²) >= 11 is 0. The van der Waals surface area contributed by atoms with Crippen LogP contribution in [0.5, 0.6) is 0 Å².